The van der Waals surface area contributed by atoms with Gasteiger partial charge in [0.2, 0.25) is 0 Å². The molecular formula is C14H18O3. The van der Waals surface area contributed by atoms with Crippen LogP contribution in [0, 0.1) is 5.92 Å². The van der Waals surface area contributed by atoms with E-state index < -0.39 is 0 Å². The van der Waals surface area contributed by atoms with E-state index in [0.717, 1.165) is 5.56 Å². The van der Waals surface area contributed by atoms with Crippen molar-refractivity contribution in [1.29, 1.82) is 0 Å². The van der Waals surface area contributed by atoms with Crippen molar-refractivity contribution in [2.75, 3.05) is 6.61 Å². The zero-order chi connectivity index (χ0) is 12.8. The highest BCUT2D eigenvalue weighted by Crippen LogP contribution is 2.09. The molecule has 17 heavy (non-hydrogen) atoms. The lowest BCUT2D eigenvalue weighted by Gasteiger charge is -2.05. The highest BCUT2D eigenvalue weighted by atomic mass is 16.5. The van der Waals surface area contributed by atoms with E-state index in [1.807, 2.05) is 13.8 Å². The van der Waals surface area contributed by atoms with Crippen LogP contribution >= 0.6 is 0 Å². The summed E-state index contributed by atoms with van der Waals surface area (Å²) < 4.78 is 4.88. The molecule has 0 N–H and O–H groups in total. The summed E-state index contributed by atoms with van der Waals surface area (Å²) in [6.07, 6.45) is 0.417. The lowest BCUT2D eigenvalue weighted by Crippen LogP contribution is -2.10. The van der Waals surface area contributed by atoms with Crippen LogP contribution in [-0.4, -0.2) is 18.4 Å². The fourth-order valence-corrected chi connectivity index (χ4v) is 1.38. The van der Waals surface area contributed by atoms with Crippen molar-refractivity contribution in [1.82, 2.24) is 0 Å². The van der Waals surface area contributed by atoms with Crippen LogP contribution in [0.15, 0.2) is 24.3 Å². The van der Waals surface area contributed by atoms with Gasteiger partial charge in [0.1, 0.15) is 5.78 Å². The van der Waals surface area contributed by atoms with Gasteiger partial charge in [0, 0.05) is 12.3 Å². The predicted molar refractivity (Wildman–Crippen MR) is 65.9 cm³/mol. The molecule has 92 valence electrons. The third kappa shape index (κ3) is 4.02. The maximum absolute atomic E-state index is 11.5. The Morgan fingerprint density at radius 3 is 2.24 bits per heavy atom. The first kappa shape index (κ1) is 13.4. The molecule has 0 amide bonds. The lowest BCUT2D eigenvalue weighted by atomic mass is 10.0. The molecule has 1 rings (SSSR count). The summed E-state index contributed by atoms with van der Waals surface area (Å²) in [4.78, 5) is 22.9. The first-order valence-corrected chi connectivity index (χ1v) is 5.83. The van der Waals surface area contributed by atoms with Gasteiger partial charge in [-0.05, 0) is 24.6 Å². The normalized spacial score (nSPS) is 10.4. The summed E-state index contributed by atoms with van der Waals surface area (Å²) in [5, 5.41) is 0. The van der Waals surface area contributed by atoms with E-state index in [1.165, 1.54) is 0 Å². The smallest absolute Gasteiger partial charge is 0.338 e. The Labute approximate surface area is 102 Å². The van der Waals surface area contributed by atoms with Crippen molar-refractivity contribution in [2.45, 2.75) is 27.2 Å². The summed E-state index contributed by atoms with van der Waals surface area (Å²) in [5.41, 5.74) is 1.45. The second-order valence-electron chi connectivity index (χ2n) is 4.22. The number of Topliss-reactive ketones (excluding diaryl/α,β-unsaturated/α-hetero) is 1. The van der Waals surface area contributed by atoms with Gasteiger partial charge in [0.15, 0.2) is 0 Å². The van der Waals surface area contributed by atoms with E-state index in [0.29, 0.717) is 18.6 Å². The summed E-state index contributed by atoms with van der Waals surface area (Å²) in [6.45, 7) is 5.91. The molecule has 0 aromatic heterocycles. The molecular weight excluding hydrogens is 216 g/mol. The van der Waals surface area contributed by atoms with Gasteiger partial charge >= 0.3 is 5.97 Å². The van der Waals surface area contributed by atoms with E-state index in [1.54, 1.807) is 31.2 Å². The van der Waals surface area contributed by atoms with Crippen molar-refractivity contribution in [3.8, 4) is 0 Å². The summed E-state index contributed by atoms with van der Waals surface area (Å²) in [6, 6.07) is 6.99. The SMILES string of the molecule is CCOC(=O)c1ccc(CC(=O)C(C)C)cc1. The topological polar surface area (TPSA) is 43.4 Å². The first-order valence-electron chi connectivity index (χ1n) is 5.83. The van der Waals surface area contributed by atoms with Gasteiger partial charge in [-0.25, -0.2) is 4.79 Å². The molecule has 3 nitrogen and oxygen atoms in total. The van der Waals surface area contributed by atoms with E-state index in [-0.39, 0.29) is 17.7 Å². The van der Waals surface area contributed by atoms with Crippen LogP contribution < -0.4 is 0 Å². The van der Waals surface area contributed by atoms with Gasteiger partial charge in [-0.15, -0.1) is 0 Å². The number of ether oxygens (including phenoxy) is 1. The molecule has 0 aliphatic carbocycles. The van der Waals surface area contributed by atoms with Gasteiger partial charge in [-0.2, -0.15) is 0 Å². The van der Waals surface area contributed by atoms with Crippen molar-refractivity contribution in [3.63, 3.8) is 0 Å². The van der Waals surface area contributed by atoms with Crippen LogP contribution in [0.1, 0.15) is 36.7 Å². The van der Waals surface area contributed by atoms with Gasteiger partial charge in [0.05, 0.1) is 12.2 Å². The lowest BCUT2D eigenvalue weighted by molar-refractivity contribution is -0.121. The molecule has 0 heterocycles. The number of benzene rings is 1. The Bertz CT molecular complexity index is 390. The number of rotatable bonds is 5. The van der Waals surface area contributed by atoms with Crippen LogP contribution in [0.2, 0.25) is 0 Å². The predicted octanol–water partition coefficient (Wildman–Crippen LogP) is 2.63. The number of esters is 1. The van der Waals surface area contributed by atoms with Crippen LogP contribution in [0.3, 0.4) is 0 Å². The average Bonchev–Trinajstić information content (AvgIpc) is 2.30. The zero-order valence-corrected chi connectivity index (χ0v) is 10.5. The van der Waals surface area contributed by atoms with Gasteiger partial charge < -0.3 is 4.74 Å². The monoisotopic (exact) mass is 234 g/mol. The summed E-state index contributed by atoms with van der Waals surface area (Å²) in [7, 11) is 0. The van der Waals surface area contributed by atoms with Crippen LogP contribution in [0.25, 0.3) is 0 Å². The van der Waals surface area contributed by atoms with Gasteiger partial charge in [-0.3, -0.25) is 4.79 Å². The summed E-state index contributed by atoms with van der Waals surface area (Å²) >= 11 is 0. The number of ketones is 1. The summed E-state index contributed by atoms with van der Waals surface area (Å²) in [5.74, 6) is -0.0807. The molecule has 1 aromatic rings. The highest BCUT2D eigenvalue weighted by molar-refractivity contribution is 5.89. The largest absolute Gasteiger partial charge is 0.462 e. The Morgan fingerprint density at radius 2 is 1.76 bits per heavy atom. The van der Waals surface area contributed by atoms with Gasteiger partial charge in [-0.1, -0.05) is 26.0 Å². The first-order chi connectivity index (χ1) is 8.04. The molecule has 0 bridgehead atoms. The minimum atomic E-state index is -0.325. The second kappa shape index (κ2) is 6.18. The third-order valence-corrected chi connectivity index (χ3v) is 2.49. The molecule has 0 saturated heterocycles. The standard InChI is InChI=1S/C14H18O3/c1-4-17-14(16)12-7-5-11(6-8-12)9-13(15)10(2)3/h5-8,10H,4,9H2,1-3H3. The van der Waals surface area contributed by atoms with E-state index in [9.17, 15) is 9.59 Å². The molecule has 1 aromatic carbocycles. The number of hydrogen-bond acceptors (Lipinski definition) is 3. The fourth-order valence-electron chi connectivity index (χ4n) is 1.38. The van der Waals surface area contributed by atoms with Crippen molar-refractivity contribution in [3.05, 3.63) is 35.4 Å². The Morgan fingerprint density at radius 1 is 1.18 bits per heavy atom. The fraction of sp³-hybridized carbons (Fsp3) is 0.429. The molecule has 0 spiro atoms. The van der Waals surface area contributed by atoms with E-state index in [4.69, 9.17) is 4.74 Å². The molecule has 3 heteroatoms. The van der Waals surface area contributed by atoms with E-state index in [2.05, 4.69) is 0 Å². The van der Waals surface area contributed by atoms with Crippen LogP contribution in [0.4, 0.5) is 0 Å². The minimum Gasteiger partial charge on any atom is -0.462 e. The third-order valence-electron chi connectivity index (χ3n) is 2.49. The minimum absolute atomic E-state index is 0.0414. The van der Waals surface area contributed by atoms with Crippen molar-refractivity contribution >= 4 is 11.8 Å². The average molecular weight is 234 g/mol. The Balaban J connectivity index is 2.68. The molecule has 0 aliphatic heterocycles. The number of carbonyl (C=O) groups excluding carboxylic acids is 2. The number of hydrogen-bond donors (Lipinski definition) is 0. The maximum Gasteiger partial charge on any atom is 0.338 e. The van der Waals surface area contributed by atoms with Crippen molar-refractivity contribution < 1.29 is 14.3 Å². The molecule has 0 atom stereocenters. The quantitative estimate of drug-likeness (QED) is 0.735. The van der Waals surface area contributed by atoms with Crippen molar-refractivity contribution in [2.24, 2.45) is 5.92 Å². The molecule has 0 saturated carbocycles. The maximum atomic E-state index is 11.5. The highest BCUT2D eigenvalue weighted by Gasteiger charge is 2.09. The Hall–Kier alpha value is -1.64. The van der Waals surface area contributed by atoms with Gasteiger partial charge in [0.25, 0.3) is 0 Å². The second-order valence-corrected chi connectivity index (χ2v) is 4.22. The van der Waals surface area contributed by atoms with Crippen LogP contribution in [-0.2, 0) is 16.0 Å². The zero-order valence-electron chi connectivity index (χ0n) is 10.5. The molecule has 0 unspecified atom stereocenters. The van der Waals surface area contributed by atoms with E-state index >= 15 is 0 Å². The number of carbonyl (C=O) groups is 2. The van der Waals surface area contributed by atoms with Crippen LogP contribution in [0.5, 0.6) is 0 Å². The molecule has 0 radical (unpaired) electrons. The molecule has 0 fully saturated rings. The molecule has 0 aliphatic rings. The Kier molecular flexibility index (Phi) is 4.88.